The second-order valence-corrected chi connectivity index (χ2v) is 30.5. The Morgan fingerprint density at radius 2 is 0.759 bits per heavy atom. The first-order chi connectivity index (χ1) is 52.8. The molecule has 20 rings (SSSR count). The van der Waals surface area contributed by atoms with Crippen LogP contribution in [0.5, 0.6) is 0 Å². The predicted molar refractivity (Wildman–Crippen MR) is 445 cm³/mol. The van der Waals surface area contributed by atoms with Gasteiger partial charge in [0.15, 0.2) is 34.9 Å². The lowest BCUT2D eigenvalue weighted by molar-refractivity contribution is 0.590. The van der Waals surface area contributed by atoms with Gasteiger partial charge in [-0.3, -0.25) is 9.97 Å². The van der Waals surface area contributed by atoms with Crippen LogP contribution >= 0.6 is 11.3 Å². The Morgan fingerprint density at radius 1 is 0.306 bits per heavy atom. The summed E-state index contributed by atoms with van der Waals surface area (Å²) >= 11 is 1.86. The molecule has 0 aliphatic rings. The van der Waals surface area contributed by atoms with Crippen molar-refractivity contribution in [3.8, 4) is 102 Å². The summed E-state index contributed by atoms with van der Waals surface area (Å²) in [6.07, 6.45) is 5.57. The van der Waals surface area contributed by atoms with E-state index in [9.17, 15) is 0 Å². The Labute approximate surface area is 627 Å². The highest BCUT2D eigenvalue weighted by Gasteiger charge is 2.26. The van der Waals surface area contributed by atoms with Crippen LogP contribution in [-0.4, -0.2) is 49.0 Å². The molecule has 0 N–H and O–H groups in total. The molecule has 11 nitrogen and oxygen atoms in total. The number of rotatable bonds is 10. The molecule has 0 saturated heterocycles. The lowest BCUT2D eigenvalue weighted by atomic mass is 9.86. The number of furan rings is 1. The van der Waals surface area contributed by atoms with Gasteiger partial charge in [0.1, 0.15) is 16.9 Å². The van der Waals surface area contributed by atoms with E-state index in [2.05, 4.69) is 268 Å². The van der Waals surface area contributed by atoms with Crippen LogP contribution in [0.3, 0.4) is 0 Å². The molecule has 8 heterocycles. The molecule has 0 radical (unpaired) electrons. The third-order valence-electron chi connectivity index (χ3n) is 20.7. The van der Waals surface area contributed by atoms with Gasteiger partial charge in [-0.1, -0.05) is 284 Å². The predicted octanol–water partition coefficient (Wildman–Crippen LogP) is 24.9. The number of para-hydroxylation sites is 4. The quantitative estimate of drug-likeness (QED) is 0.132. The molecule has 20 aromatic rings. The summed E-state index contributed by atoms with van der Waals surface area (Å²) in [5.74, 6) is 3.54. The van der Waals surface area contributed by atoms with Gasteiger partial charge < -0.3 is 13.6 Å². The molecular weight excluding hydrogens is 1340 g/mol. The van der Waals surface area contributed by atoms with E-state index >= 15 is 0 Å². The second kappa shape index (κ2) is 26.3. The number of benzene rings is 12. The minimum absolute atomic E-state index is 0.0294. The summed E-state index contributed by atoms with van der Waals surface area (Å²) in [5.41, 5.74) is 20.2. The van der Waals surface area contributed by atoms with Crippen LogP contribution in [0.25, 0.3) is 188 Å². The number of fused-ring (bicyclic) bond motifs is 12. The van der Waals surface area contributed by atoms with Gasteiger partial charge in [-0.25, -0.2) is 29.9 Å². The average molecular weight is 1410 g/mol. The van der Waals surface area contributed by atoms with Crippen LogP contribution in [-0.2, 0) is 10.8 Å². The van der Waals surface area contributed by atoms with Gasteiger partial charge in [0.25, 0.3) is 0 Å². The van der Waals surface area contributed by atoms with Crippen molar-refractivity contribution >= 4 is 97.1 Å². The van der Waals surface area contributed by atoms with Crippen molar-refractivity contribution in [2.24, 2.45) is 0 Å². The molecule has 12 aromatic carbocycles. The van der Waals surface area contributed by atoms with Crippen molar-refractivity contribution in [1.29, 1.82) is 0 Å². The average Bonchev–Trinajstić information content (AvgIpc) is 1.58. The van der Waals surface area contributed by atoms with E-state index in [1.54, 1.807) is 0 Å². The number of aromatic nitrogens is 10. The van der Waals surface area contributed by atoms with Gasteiger partial charge in [-0.15, -0.1) is 11.3 Å². The maximum absolute atomic E-state index is 6.48. The molecule has 516 valence electrons. The van der Waals surface area contributed by atoms with E-state index in [1.807, 2.05) is 115 Å². The maximum atomic E-state index is 6.48. The lowest BCUT2D eigenvalue weighted by Crippen LogP contribution is -2.10. The first kappa shape index (κ1) is 65.3. The first-order valence-electron chi connectivity index (χ1n) is 36.4. The van der Waals surface area contributed by atoms with Gasteiger partial charge >= 0.3 is 0 Å². The number of pyridine rings is 2. The molecule has 0 atom stereocenters. The highest BCUT2D eigenvalue weighted by Crippen LogP contribution is 2.45. The molecule has 108 heavy (non-hydrogen) atoms. The summed E-state index contributed by atoms with van der Waals surface area (Å²) in [6, 6.07) is 104. The third-order valence-corrected chi connectivity index (χ3v) is 21.9. The monoisotopic (exact) mass is 1410 g/mol. The van der Waals surface area contributed by atoms with Crippen LogP contribution in [0.1, 0.15) is 52.7 Å². The summed E-state index contributed by atoms with van der Waals surface area (Å²) in [6.45, 7) is 13.3. The fraction of sp³-hybridized carbons (Fsp3) is 0.0833. The number of hydrogen-bond acceptors (Lipinski definition) is 10. The normalized spacial score (nSPS) is 12.0. The smallest absolute Gasteiger partial charge is 0.184 e. The Morgan fingerprint density at radius 3 is 1.35 bits per heavy atom. The zero-order valence-corrected chi connectivity index (χ0v) is 61.1. The molecule has 0 amide bonds. The van der Waals surface area contributed by atoms with Gasteiger partial charge in [0.2, 0.25) is 0 Å². The molecule has 12 heteroatoms. The standard InChI is InChI=1S/C48H35N5O.C48H35N5S/c1-48(2,3)33-25-22-31(23-26-33)46-50-45(30-13-5-4-6-14-30)51-47(52-46)43-40(20-12-28-49-43)53-39-19-9-7-15-35(39)36-27-24-32(29-41(36)53)34-17-11-18-38-37-16-8-10-21-42(37)54-44(34)38;1-48(2,3)33-23-20-31(21-24-33)46-50-45(30-12-5-4-6-13-30)51-47(52-46)39-26-27-49-29-42(39)53-40-18-9-7-14-35(40)36-25-22-32(28-41(36)53)34-16-11-17-38-37-15-8-10-19-43(37)54-44(34)38/h2*4-29H,1-3H3. The van der Waals surface area contributed by atoms with E-state index in [-0.39, 0.29) is 10.8 Å². The van der Waals surface area contributed by atoms with Crippen molar-refractivity contribution in [1.82, 2.24) is 49.0 Å². The molecule has 0 bridgehead atoms. The van der Waals surface area contributed by atoms with Crippen LogP contribution in [0.2, 0.25) is 0 Å². The van der Waals surface area contributed by atoms with E-state index in [1.165, 1.54) is 53.2 Å². The Balaban J connectivity index is 0.000000147. The minimum Gasteiger partial charge on any atom is -0.455 e. The maximum Gasteiger partial charge on any atom is 0.184 e. The van der Waals surface area contributed by atoms with Gasteiger partial charge in [-0.2, -0.15) is 0 Å². The zero-order chi connectivity index (χ0) is 72.8. The first-order valence-corrected chi connectivity index (χ1v) is 37.3. The van der Waals surface area contributed by atoms with Crippen molar-refractivity contribution in [2.75, 3.05) is 0 Å². The van der Waals surface area contributed by atoms with E-state index < -0.39 is 0 Å². The summed E-state index contributed by atoms with van der Waals surface area (Å²) in [7, 11) is 0. The fourth-order valence-corrected chi connectivity index (χ4v) is 16.4. The molecular formula is C96H70N10OS. The Kier molecular flexibility index (Phi) is 15.9. The van der Waals surface area contributed by atoms with E-state index in [4.69, 9.17) is 39.3 Å². The van der Waals surface area contributed by atoms with Crippen LogP contribution in [0.15, 0.2) is 320 Å². The number of hydrogen-bond donors (Lipinski definition) is 0. The third kappa shape index (κ3) is 11.6. The number of thiophene rings is 1. The van der Waals surface area contributed by atoms with Crippen molar-refractivity contribution in [2.45, 2.75) is 52.4 Å². The summed E-state index contributed by atoms with van der Waals surface area (Å²) in [4.78, 5) is 40.3. The van der Waals surface area contributed by atoms with Gasteiger partial charge in [0.05, 0.1) is 39.6 Å². The van der Waals surface area contributed by atoms with Crippen molar-refractivity contribution < 1.29 is 4.42 Å². The molecule has 0 saturated carbocycles. The van der Waals surface area contributed by atoms with Crippen molar-refractivity contribution in [3.63, 3.8) is 0 Å². The van der Waals surface area contributed by atoms with Crippen LogP contribution in [0.4, 0.5) is 0 Å². The molecule has 0 aliphatic heterocycles. The summed E-state index contributed by atoms with van der Waals surface area (Å²) < 4.78 is 13.7. The van der Waals surface area contributed by atoms with E-state index in [0.717, 1.165) is 105 Å². The van der Waals surface area contributed by atoms with Crippen LogP contribution < -0.4 is 0 Å². The molecule has 0 unspecified atom stereocenters. The molecule has 0 fully saturated rings. The summed E-state index contributed by atoms with van der Waals surface area (Å²) in [5, 5.41) is 9.44. The van der Waals surface area contributed by atoms with Crippen molar-refractivity contribution in [3.05, 3.63) is 327 Å². The topological polar surface area (TPSA) is 126 Å². The second-order valence-electron chi connectivity index (χ2n) is 29.5. The van der Waals surface area contributed by atoms with E-state index in [0.29, 0.717) is 40.6 Å². The van der Waals surface area contributed by atoms with Crippen LogP contribution in [0, 0.1) is 0 Å². The molecule has 8 aromatic heterocycles. The lowest BCUT2D eigenvalue weighted by Gasteiger charge is -2.19. The van der Waals surface area contributed by atoms with Gasteiger partial charge in [0, 0.05) is 98.3 Å². The minimum atomic E-state index is 0.0294. The molecule has 0 aliphatic carbocycles. The number of nitrogens with zero attached hydrogens (tertiary/aromatic N) is 10. The highest BCUT2D eigenvalue weighted by molar-refractivity contribution is 7.26. The highest BCUT2D eigenvalue weighted by atomic mass is 32.1. The largest absolute Gasteiger partial charge is 0.455 e. The fourth-order valence-electron chi connectivity index (χ4n) is 15.2. The molecule has 0 spiro atoms. The Hall–Kier alpha value is -13.4. The SMILES string of the molecule is CC(C)(C)c1ccc(-c2nc(-c3ccccc3)nc(-c3ccncc3-n3c4ccccc4c4ccc(-c5cccc6c5sc5ccccc56)cc43)n2)cc1.CC(C)(C)c1ccc(-c2nc(-c3ccccc3)nc(-c3ncccc3-n3c4ccccc4c4ccc(-c5cccc6c5oc5ccccc56)cc43)n2)cc1. The Bertz CT molecular complexity index is 6470. The zero-order valence-electron chi connectivity index (χ0n) is 60.3. The van der Waals surface area contributed by atoms with Gasteiger partial charge in [-0.05, 0) is 93.2 Å².